The first-order valence-electron chi connectivity index (χ1n) is 12.5. The molecule has 1 amide bonds. The van der Waals surface area contributed by atoms with E-state index in [4.69, 9.17) is 13.9 Å². The number of hydrogen-bond acceptors (Lipinski definition) is 8. The van der Waals surface area contributed by atoms with Gasteiger partial charge in [-0.2, -0.15) is 0 Å². The Morgan fingerprint density at radius 2 is 1.77 bits per heavy atom. The SMILES string of the molecule is COc1cccc(OC)c1-n1c(NSC2CC(c3ccc(F)cc3)CN(C(C)=O)C2)nnc1-c1ccc(C)o1. The fourth-order valence-corrected chi connectivity index (χ4v) is 5.82. The quantitative estimate of drug-likeness (QED) is 0.289. The van der Waals surface area contributed by atoms with E-state index in [1.165, 1.54) is 24.1 Å². The number of carbonyl (C=O) groups is 1. The van der Waals surface area contributed by atoms with Crippen molar-refractivity contribution in [2.24, 2.45) is 0 Å². The van der Waals surface area contributed by atoms with Crippen LogP contribution in [0.1, 0.15) is 30.6 Å². The third-order valence-electron chi connectivity index (χ3n) is 6.77. The summed E-state index contributed by atoms with van der Waals surface area (Å²) in [4.78, 5) is 14.2. The second-order valence-electron chi connectivity index (χ2n) is 9.35. The van der Waals surface area contributed by atoms with Gasteiger partial charge in [-0.05, 0) is 67.3 Å². The van der Waals surface area contributed by atoms with Gasteiger partial charge in [0.1, 0.15) is 28.8 Å². The fourth-order valence-electron chi connectivity index (χ4n) is 4.84. The Morgan fingerprint density at radius 3 is 2.38 bits per heavy atom. The van der Waals surface area contributed by atoms with Crippen LogP contribution in [-0.2, 0) is 4.79 Å². The molecule has 9 nitrogen and oxygen atoms in total. The van der Waals surface area contributed by atoms with Crippen LogP contribution < -0.4 is 14.2 Å². The number of aromatic nitrogens is 3. The molecule has 1 saturated heterocycles. The van der Waals surface area contributed by atoms with Crippen molar-refractivity contribution in [1.29, 1.82) is 0 Å². The average Bonchev–Trinajstić information content (AvgIpc) is 3.57. The van der Waals surface area contributed by atoms with Crippen LogP contribution in [0.3, 0.4) is 0 Å². The van der Waals surface area contributed by atoms with Crippen LogP contribution in [-0.4, -0.2) is 58.1 Å². The van der Waals surface area contributed by atoms with Crippen LogP contribution in [0.25, 0.3) is 17.3 Å². The first kappa shape index (κ1) is 26.6. The highest BCUT2D eigenvalue weighted by atomic mass is 32.2. The lowest BCUT2D eigenvalue weighted by atomic mass is 9.90. The molecule has 0 bridgehead atoms. The van der Waals surface area contributed by atoms with Crippen molar-refractivity contribution in [3.05, 3.63) is 71.7 Å². The number of para-hydroxylation sites is 1. The Balaban J connectivity index is 1.48. The number of aryl methyl sites for hydroxylation is 1. The molecule has 4 aromatic rings. The summed E-state index contributed by atoms with van der Waals surface area (Å²) < 4.78 is 36.0. The molecule has 11 heteroatoms. The zero-order valence-corrected chi connectivity index (χ0v) is 23.0. The smallest absolute Gasteiger partial charge is 0.239 e. The molecule has 2 aromatic heterocycles. The van der Waals surface area contributed by atoms with E-state index in [1.54, 1.807) is 33.3 Å². The molecule has 0 spiro atoms. The summed E-state index contributed by atoms with van der Waals surface area (Å²) in [6, 6.07) is 15.7. The van der Waals surface area contributed by atoms with Crippen molar-refractivity contribution in [3.8, 4) is 28.8 Å². The first-order chi connectivity index (χ1) is 18.9. The van der Waals surface area contributed by atoms with Gasteiger partial charge in [-0.15, -0.1) is 10.2 Å². The molecule has 0 radical (unpaired) electrons. The highest BCUT2D eigenvalue weighted by molar-refractivity contribution is 8.01. The van der Waals surface area contributed by atoms with E-state index in [0.29, 0.717) is 47.8 Å². The number of benzene rings is 2. The lowest BCUT2D eigenvalue weighted by Crippen LogP contribution is -2.43. The highest BCUT2D eigenvalue weighted by Crippen LogP contribution is 2.39. The minimum absolute atomic E-state index is 0.00446. The predicted molar refractivity (Wildman–Crippen MR) is 148 cm³/mol. The summed E-state index contributed by atoms with van der Waals surface area (Å²) in [5.74, 6) is 3.17. The molecule has 204 valence electrons. The van der Waals surface area contributed by atoms with E-state index in [1.807, 2.05) is 46.7 Å². The Labute approximate surface area is 230 Å². The standard InChI is InChI=1S/C28H30FN5O4S/c1-17-8-13-25(38-17)27-30-31-28(34(27)26-23(36-3)6-5-7-24(26)37-4)32-39-22-14-20(15-33(16-22)18(2)35)19-9-11-21(29)12-10-19/h5-13,20,22H,14-16H2,1-4H3,(H,31,32). The van der Waals surface area contributed by atoms with Gasteiger partial charge in [-0.3, -0.25) is 14.1 Å². The zero-order valence-electron chi connectivity index (χ0n) is 22.2. The molecule has 2 atom stereocenters. The number of anilines is 1. The van der Waals surface area contributed by atoms with E-state index in [-0.39, 0.29) is 22.9 Å². The number of ether oxygens (including phenoxy) is 2. The number of carbonyl (C=O) groups excluding carboxylic acids is 1. The topological polar surface area (TPSA) is 94.7 Å². The number of halogens is 1. The molecule has 3 heterocycles. The van der Waals surface area contributed by atoms with E-state index >= 15 is 0 Å². The number of furan rings is 1. The number of nitrogens with zero attached hydrogens (tertiary/aromatic N) is 4. The van der Waals surface area contributed by atoms with Gasteiger partial charge in [0.25, 0.3) is 0 Å². The van der Waals surface area contributed by atoms with Crippen molar-refractivity contribution >= 4 is 23.8 Å². The molecule has 39 heavy (non-hydrogen) atoms. The van der Waals surface area contributed by atoms with Crippen LogP contribution >= 0.6 is 11.9 Å². The number of likely N-dealkylation sites (tertiary alicyclic amines) is 1. The largest absolute Gasteiger partial charge is 0.494 e. The van der Waals surface area contributed by atoms with Gasteiger partial charge < -0.3 is 18.8 Å². The summed E-state index contributed by atoms with van der Waals surface area (Å²) >= 11 is 1.47. The lowest BCUT2D eigenvalue weighted by molar-refractivity contribution is -0.129. The van der Waals surface area contributed by atoms with Gasteiger partial charge in [0.05, 0.1) is 14.2 Å². The molecule has 1 N–H and O–H groups in total. The molecule has 2 unspecified atom stereocenters. The van der Waals surface area contributed by atoms with Crippen molar-refractivity contribution in [2.45, 2.75) is 31.4 Å². The van der Waals surface area contributed by atoms with Crippen LogP contribution in [0.4, 0.5) is 10.3 Å². The molecule has 2 aromatic carbocycles. The van der Waals surface area contributed by atoms with Crippen LogP contribution in [0, 0.1) is 12.7 Å². The van der Waals surface area contributed by atoms with Crippen molar-refractivity contribution in [2.75, 3.05) is 32.0 Å². The maximum atomic E-state index is 13.5. The minimum atomic E-state index is -0.278. The minimum Gasteiger partial charge on any atom is -0.494 e. The van der Waals surface area contributed by atoms with Crippen LogP contribution in [0.2, 0.25) is 0 Å². The third kappa shape index (κ3) is 5.58. The van der Waals surface area contributed by atoms with E-state index in [0.717, 1.165) is 17.7 Å². The summed E-state index contributed by atoms with van der Waals surface area (Å²) in [7, 11) is 3.18. The summed E-state index contributed by atoms with van der Waals surface area (Å²) in [5, 5.41) is 8.92. The maximum absolute atomic E-state index is 13.5. The molecule has 5 rings (SSSR count). The van der Waals surface area contributed by atoms with E-state index in [2.05, 4.69) is 14.9 Å². The van der Waals surface area contributed by atoms with E-state index < -0.39 is 0 Å². The normalized spacial score (nSPS) is 17.2. The molecule has 0 saturated carbocycles. The zero-order chi connectivity index (χ0) is 27.5. The molecular formula is C28H30FN5O4S. The summed E-state index contributed by atoms with van der Waals surface area (Å²) in [6.45, 7) is 4.60. The monoisotopic (exact) mass is 551 g/mol. The molecule has 1 fully saturated rings. The van der Waals surface area contributed by atoms with Crippen molar-refractivity contribution < 1.29 is 23.1 Å². The second-order valence-corrected chi connectivity index (χ2v) is 10.5. The Morgan fingerprint density at radius 1 is 1.05 bits per heavy atom. The highest BCUT2D eigenvalue weighted by Gasteiger charge is 2.31. The first-order valence-corrected chi connectivity index (χ1v) is 13.4. The summed E-state index contributed by atoms with van der Waals surface area (Å²) in [5.41, 5.74) is 1.63. The lowest BCUT2D eigenvalue weighted by Gasteiger charge is -2.37. The maximum Gasteiger partial charge on any atom is 0.239 e. The molecule has 1 aliphatic rings. The molecule has 1 aliphatic heterocycles. The number of methoxy groups -OCH3 is 2. The Kier molecular flexibility index (Phi) is 7.78. The van der Waals surface area contributed by atoms with Gasteiger partial charge in [0.2, 0.25) is 17.7 Å². The van der Waals surface area contributed by atoms with Crippen LogP contribution in [0.5, 0.6) is 11.5 Å². The predicted octanol–water partition coefficient (Wildman–Crippen LogP) is 5.46. The molecular weight excluding hydrogens is 521 g/mol. The fraction of sp³-hybridized carbons (Fsp3) is 0.321. The van der Waals surface area contributed by atoms with Gasteiger partial charge >= 0.3 is 0 Å². The number of nitrogens with one attached hydrogen (secondary N) is 1. The number of hydrogen-bond donors (Lipinski definition) is 1. The second kappa shape index (κ2) is 11.4. The van der Waals surface area contributed by atoms with Gasteiger partial charge in [0, 0.05) is 31.2 Å². The number of rotatable bonds is 8. The Hall–Kier alpha value is -3.99. The molecule has 0 aliphatic carbocycles. The van der Waals surface area contributed by atoms with Crippen molar-refractivity contribution in [1.82, 2.24) is 19.7 Å². The van der Waals surface area contributed by atoms with E-state index in [9.17, 15) is 9.18 Å². The third-order valence-corrected chi connectivity index (χ3v) is 7.74. The van der Waals surface area contributed by atoms with Crippen molar-refractivity contribution in [3.63, 3.8) is 0 Å². The number of piperidine rings is 1. The van der Waals surface area contributed by atoms with Gasteiger partial charge in [-0.1, -0.05) is 18.2 Å². The number of amides is 1. The summed E-state index contributed by atoms with van der Waals surface area (Å²) in [6.07, 6.45) is 0.795. The Bertz CT molecular complexity index is 1430. The van der Waals surface area contributed by atoms with Gasteiger partial charge in [-0.25, -0.2) is 4.39 Å². The van der Waals surface area contributed by atoms with Crippen LogP contribution in [0.15, 0.2) is 59.0 Å². The average molecular weight is 552 g/mol. The van der Waals surface area contributed by atoms with Gasteiger partial charge in [0.15, 0.2) is 5.76 Å².